The van der Waals surface area contributed by atoms with Crippen LogP contribution in [0.3, 0.4) is 0 Å². The van der Waals surface area contributed by atoms with Crippen LogP contribution in [-0.2, 0) is 0 Å². The van der Waals surface area contributed by atoms with Crippen molar-refractivity contribution in [1.29, 1.82) is 0 Å². The number of ether oxygens (including phenoxy) is 1. The Labute approximate surface area is 121 Å². The normalized spacial score (nSPS) is 12.7. The fourth-order valence-electron chi connectivity index (χ4n) is 1.65. The Morgan fingerprint density at radius 1 is 1.11 bits per heavy atom. The predicted octanol–water partition coefficient (Wildman–Crippen LogP) is 0.475. The molecule has 108 valence electrons. The molecular formula is C13H20BrNO4. The number of hydrogen-bond acceptors (Lipinski definition) is 5. The summed E-state index contributed by atoms with van der Waals surface area (Å²) < 4.78 is 6.43. The van der Waals surface area contributed by atoms with Gasteiger partial charge in [0.1, 0.15) is 18.5 Å². The Kier molecular flexibility index (Phi) is 8.00. The largest absolute Gasteiger partial charge is 0.491 e. The van der Waals surface area contributed by atoms with Crippen molar-refractivity contribution < 1.29 is 20.1 Å². The summed E-state index contributed by atoms with van der Waals surface area (Å²) in [5.74, 6) is 0.693. The number of nitrogens with zero attached hydrogens (tertiary/aromatic N) is 1. The van der Waals surface area contributed by atoms with Crippen LogP contribution < -0.4 is 4.74 Å². The van der Waals surface area contributed by atoms with Gasteiger partial charge in [0, 0.05) is 24.1 Å². The second kappa shape index (κ2) is 9.28. The molecule has 0 radical (unpaired) electrons. The van der Waals surface area contributed by atoms with Crippen molar-refractivity contribution >= 4 is 15.9 Å². The second-order valence-electron chi connectivity index (χ2n) is 4.17. The number of aliphatic hydroxyl groups is 3. The molecule has 5 nitrogen and oxygen atoms in total. The monoisotopic (exact) mass is 333 g/mol. The minimum atomic E-state index is -0.665. The highest BCUT2D eigenvalue weighted by Crippen LogP contribution is 2.16. The van der Waals surface area contributed by atoms with Crippen LogP contribution in [-0.4, -0.2) is 65.8 Å². The van der Waals surface area contributed by atoms with Gasteiger partial charge in [0.25, 0.3) is 0 Å². The number of benzene rings is 1. The molecule has 0 fully saturated rings. The first-order valence-electron chi connectivity index (χ1n) is 6.16. The van der Waals surface area contributed by atoms with Gasteiger partial charge < -0.3 is 20.1 Å². The second-order valence-corrected chi connectivity index (χ2v) is 5.08. The molecular weight excluding hydrogens is 314 g/mol. The third kappa shape index (κ3) is 6.89. The molecule has 1 atom stereocenters. The summed E-state index contributed by atoms with van der Waals surface area (Å²) in [4.78, 5) is 1.79. The molecule has 0 aliphatic heterocycles. The zero-order chi connectivity index (χ0) is 14.1. The number of hydrogen-bond donors (Lipinski definition) is 3. The third-order valence-corrected chi connectivity index (χ3v) is 3.09. The SMILES string of the molecule is OCCN(CCO)C[C@H](O)COc1ccc(Br)cc1. The van der Waals surface area contributed by atoms with Crippen molar-refractivity contribution in [2.45, 2.75) is 6.10 Å². The lowest BCUT2D eigenvalue weighted by molar-refractivity contribution is 0.0552. The van der Waals surface area contributed by atoms with E-state index in [9.17, 15) is 5.11 Å². The molecule has 0 saturated heterocycles. The van der Waals surface area contributed by atoms with E-state index in [1.165, 1.54) is 0 Å². The Hall–Kier alpha value is -0.660. The van der Waals surface area contributed by atoms with Crippen LogP contribution in [0, 0.1) is 0 Å². The lowest BCUT2D eigenvalue weighted by Gasteiger charge is -2.23. The average molecular weight is 334 g/mol. The van der Waals surface area contributed by atoms with Crippen LogP contribution in [0.5, 0.6) is 5.75 Å². The van der Waals surface area contributed by atoms with E-state index < -0.39 is 6.10 Å². The van der Waals surface area contributed by atoms with Crippen molar-refractivity contribution in [2.75, 3.05) is 39.5 Å². The van der Waals surface area contributed by atoms with E-state index in [-0.39, 0.29) is 19.8 Å². The van der Waals surface area contributed by atoms with E-state index in [0.29, 0.717) is 25.4 Å². The van der Waals surface area contributed by atoms with Gasteiger partial charge in [0.05, 0.1) is 13.2 Å². The summed E-state index contributed by atoms with van der Waals surface area (Å²) in [6.45, 7) is 1.39. The van der Waals surface area contributed by atoms with Crippen molar-refractivity contribution in [3.05, 3.63) is 28.7 Å². The molecule has 3 N–H and O–H groups in total. The zero-order valence-electron chi connectivity index (χ0n) is 10.7. The maximum Gasteiger partial charge on any atom is 0.119 e. The van der Waals surface area contributed by atoms with Crippen LogP contribution in [0.25, 0.3) is 0 Å². The minimum Gasteiger partial charge on any atom is -0.491 e. The van der Waals surface area contributed by atoms with Crippen LogP contribution in [0.1, 0.15) is 0 Å². The molecule has 0 saturated carbocycles. The van der Waals surface area contributed by atoms with Crippen molar-refractivity contribution in [2.24, 2.45) is 0 Å². The van der Waals surface area contributed by atoms with Gasteiger partial charge >= 0.3 is 0 Å². The molecule has 0 aliphatic carbocycles. The van der Waals surface area contributed by atoms with Gasteiger partial charge in [-0.1, -0.05) is 15.9 Å². The Bertz CT molecular complexity index is 341. The van der Waals surface area contributed by atoms with Gasteiger partial charge in [-0.15, -0.1) is 0 Å². The molecule has 0 aliphatic rings. The van der Waals surface area contributed by atoms with Crippen LogP contribution in [0.15, 0.2) is 28.7 Å². The van der Waals surface area contributed by atoms with Crippen molar-refractivity contribution in [1.82, 2.24) is 4.90 Å². The summed E-state index contributed by atoms with van der Waals surface area (Å²) in [6, 6.07) is 7.36. The minimum absolute atomic E-state index is 0.000287. The van der Waals surface area contributed by atoms with Gasteiger partial charge in [-0.05, 0) is 24.3 Å². The molecule has 1 aromatic carbocycles. The molecule has 0 bridgehead atoms. The molecule has 0 spiro atoms. The molecule has 1 aromatic rings. The van der Waals surface area contributed by atoms with Crippen LogP contribution >= 0.6 is 15.9 Å². The Morgan fingerprint density at radius 2 is 1.68 bits per heavy atom. The first-order chi connectivity index (χ1) is 9.15. The van der Waals surface area contributed by atoms with Crippen LogP contribution in [0.2, 0.25) is 0 Å². The molecule has 1 rings (SSSR count). The third-order valence-electron chi connectivity index (χ3n) is 2.56. The summed E-state index contributed by atoms with van der Waals surface area (Å²) in [7, 11) is 0. The highest BCUT2D eigenvalue weighted by molar-refractivity contribution is 9.10. The summed E-state index contributed by atoms with van der Waals surface area (Å²) >= 11 is 3.33. The maximum atomic E-state index is 9.85. The molecule has 19 heavy (non-hydrogen) atoms. The summed E-state index contributed by atoms with van der Waals surface area (Å²) in [5, 5.41) is 27.6. The van der Waals surface area contributed by atoms with E-state index in [1.54, 1.807) is 4.90 Å². The molecule has 0 unspecified atom stereocenters. The smallest absolute Gasteiger partial charge is 0.119 e. The van der Waals surface area contributed by atoms with Crippen molar-refractivity contribution in [3.63, 3.8) is 0 Å². The van der Waals surface area contributed by atoms with Crippen molar-refractivity contribution in [3.8, 4) is 5.75 Å². The van der Waals surface area contributed by atoms with E-state index in [0.717, 1.165) is 4.47 Å². The van der Waals surface area contributed by atoms with Gasteiger partial charge in [-0.3, -0.25) is 4.90 Å². The standard InChI is InChI=1S/C13H20BrNO4/c14-11-1-3-13(4-2-11)19-10-12(18)9-15(5-7-16)6-8-17/h1-4,12,16-18H,5-10H2/t12-/m0/s1. The number of aliphatic hydroxyl groups excluding tert-OH is 3. The quantitative estimate of drug-likeness (QED) is 0.613. The zero-order valence-corrected chi connectivity index (χ0v) is 12.3. The van der Waals surface area contributed by atoms with Crippen LogP contribution in [0.4, 0.5) is 0 Å². The maximum absolute atomic E-state index is 9.85. The lowest BCUT2D eigenvalue weighted by Crippen LogP contribution is -2.38. The topological polar surface area (TPSA) is 73.2 Å². The van der Waals surface area contributed by atoms with Gasteiger partial charge in [-0.25, -0.2) is 0 Å². The predicted molar refractivity (Wildman–Crippen MR) is 76.3 cm³/mol. The van der Waals surface area contributed by atoms with Gasteiger partial charge in [-0.2, -0.15) is 0 Å². The Balaban J connectivity index is 2.33. The highest BCUT2D eigenvalue weighted by atomic mass is 79.9. The molecule has 0 heterocycles. The molecule has 0 amide bonds. The van der Waals surface area contributed by atoms with Gasteiger partial charge in [0.2, 0.25) is 0 Å². The van der Waals surface area contributed by atoms with E-state index in [2.05, 4.69) is 15.9 Å². The fourth-order valence-corrected chi connectivity index (χ4v) is 1.92. The summed E-state index contributed by atoms with van der Waals surface area (Å²) in [5.41, 5.74) is 0. The number of rotatable bonds is 9. The van der Waals surface area contributed by atoms with E-state index in [4.69, 9.17) is 14.9 Å². The number of halogens is 1. The highest BCUT2D eigenvalue weighted by Gasteiger charge is 2.11. The van der Waals surface area contributed by atoms with Gasteiger partial charge in [0.15, 0.2) is 0 Å². The molecule has 6 heteroatoms. The van der Waals surface area contributed by atoms with E-state index >= 15 is 0 Å². The lowest BCUT2D eigenvalue weighted by atomic mass is 10.3. The first kappa shape index (κ1) is 16.4. The average Bonchev–Trinajstić information content (AvgIpc) is 2.39. The Morgan fingerprint density at radius 3 is 2.21 bits per heavy atom. The summed E-state index contributed by atoms with van der Waals surface area (Å²) in [6.07, 6.45) is -0.665. The fraction of sp³-hybridized carbons (Fsp3) is 0.538. The van der Waals surface area contributed by atoms with E-state index in [1.807, 2.05) is 24.3 Å². The first-order valence-corrected chi connectivity index (χ1v) is 6.95. The molecule has 0 aromatic heterocycles.